The number of rotatable bonds is 4. The Hall–Kier alpha value is -3.54. The first-order valence-corrected chi connectivity index (χ1v) is 8.74. The number of hydrogen-bond donors (Lipinski definition) is 2. The maximum Gasteiger partial charge on any atom is 0.259 e. The van der Waals surface area contributed by atoms with Gasteiger partial charge < -0.3 is 10.6 Å². The second kappa shape index (κ2) is 7.37. The molecule has 1 aliphatic heterocycles. The van der Waals surface area contributed by atoms with Crippen molar-refractivity contribution < 1.29 is 9.59 Å². The van der Waals surface area contributed by atoms with Crippen molar-refractivity contribution in [2.75, 3.05) is 11.9 Å². The van der Waals surface area contributed by atoms with E-state index in [-0.39, 0.29) is 17.7 Å². The van der Waals surface area contributed by atoms with Crippen molar-refractivity contribution in [3.05, 3.63) is 78.2 Å². The van der Waals surface area contributed by atoms with Crippen LogP contribution in [0.2, 0.25) is 0 Å². The first-order valence-electron chi connectivity index (χ1n) is 8.74. The lowest BCUT2D eigenvalue weighted by Crippen LogP contribution is -2.15. The highest BCUT2D eigenvalue weighted by Crippen LogP contribution is 2.26. The summed E-state index contributed by atoms with van der Waals surface area (Å²) < 4.78 is 0. The van der Waals surface area contributed by atoms with Gasteiger partial charge in [0.15, 0.2) is 0 Å². The molecule has 1 unspecified atom stereocenters. The molecule has 2 amide bonds. The number of carbonyl (C=O) groups is 2. The Balaban J connectivity index is 1.58. The van der Waals surface area contributed by atoms with Gasteiger partial charge in [0.25, 0.3) is 5.91 Å². The van der Waals surface area contributed by atoms with E-state index < -0.39 is 0 Å². The Labute approximate surface area is 156 Å². The van der Waals surface area contributed by atoms with Crippen molar-refractivity contribution in [1.29, 1.82) is 0 Å². The first kappa shape index (κ1) is 16.9. The van der Waals surface area contributed by atoms with Crippen LogP contribution >= 0.6 is 0 Å². The zero-order valence-corrected chi connectivity index (χ0v) is 14.6. The van der Waals surface area contributed by atoms with E-state index in [0.29, 0.717) is 29.9 Å². The van der Waals surface area contributed by atoms with Crippen molar-refractivity contribution in [2.45, 2.75) is 12.3 Å². The Bertz CT molecular complexity index is 988. The normalized spacial score (nSPS) is 16.0. The van der Waals surface area contributed by atoms with E-state index in [1.165, 1.54) is 12.5 Å². The van der Waals surface area contributed by atoms with Crippen molar-refractivity contribution >= 4 is 17.5 Å². The van der Waals surface area contributed by atoms with Gasteiger partial charge in [0.2, 0.25) is 5.91 Å². The third-order valence-electron chi connectivity index (χ3n) is 4.60. The van der Waals surface area contributed by atoms with Crippen LogP contribution in [-0.2, 0) is 4.79 Å². The molecule has 2 heterocycles. The minimum Gasteiger partial charge on any atom is -0.355 e. The van der Waals surface area contributed by atoms with E-state index >= 15 is 0 Å². The fourth-order valence-electron chi connectivity index (χ4n) is 3.23. The van der Waals surface area contributed by atoms with E-state index in [4.69, 9.17) is 0 Å². The third-order valence-corrected chi connectivity index (χ3v) is 4.60. The quantitative estimate of drug-likeness (QED) is 0.751. The van der Waals surface area contributed by atoms with Gasteiger partial charge in [0.1, 0.15) is 6.33 Å². The SMILES string of the molecule is O=C1CC(c2cccc(NC(=O)c3cncnc3-c3ccccc3)c2)CN1. The molecule has 0 saturated carbocycles. The molecule has 1 aliphatic rings. The molecule has 2 aromatic carbocycles. The predicted molar refractivity (Wildman–Crippen MR) is 102 cm³/mol. The summed E-state index contributed by atoms with van der Waals surface area (Å²) in [6, 6.07) is 17.1. The predicted octanol–water partition coefficient (Wildman–Crippen LogP) is 3.00. The van der Waals surface area contributed by atoms with Crippen LogP contribution in [0.4, 0.5) is 5.69 Å². The number of nitrogens with one attached hydrogen (secondary N) is 2. The molecular weight excluding hydrogens is 340 g/mol. The number of carbonyl (C=O) groups excluding carboxylic acids is 2. The highest BCUT2D eigenvalue weighted by atomic mass is 16.2. The van der Waals surface area contributed by atoms with Gasteiger partial charge in [-0.1, -0.05) is 42.5 Å². The molecule has 6 heteroatoms. The van der Waals surface area contributed by atoms with Crippen LogP contribution in [0, 0.1) is 0 Å². The molecular formula is C21H18N4O2. The average molecular weight is 358 g/mol. The highest BCUT2D eigenvalue weighted by Gasteiger charge is 2.23. The summed E-state index contributed by atoms with van der Waals surface area (Å²) in [5, 5.41) is 5.76. The largest absolute Gasteiger partial charge is 0.355 e. The van der Waals surface area contributed by atoms with Gasteiger partial charge in [-0.05, 0) is 17.7 Å². The van der Waals surface area contributed by atoms with Crippen LogP contribution in [0.1, 0.15) is 28.3 Å². The van der Waals surface area contributed by atoms with Crippen LogP contribution in [0.15, 0.2) is 67.1 Å². The standard InChI is InChI=1S/C21H18N4O2/c26-19-10-16(11-23-19)15-7-4-8-17(9-15)25-21(27)18-12-22-13-24-20(18)14-5-2-1-3-6-14/h1-9,12-13,16H,10-11H2,(H,23,26)(H,25,27). The molecule has 1 aromatic heterocycles. The van der Waals surface area contributed by atoms with Gasteiger partial charge in [0.05, 0.1) is 11.3 Å². The molecule has 1 fully saturated rings. The molecule has 0 aliphatic carbocycles. The average Bonchev–Trinajstić information content (AvgIpc) is 3.15. The smallest absolute Gasteiger partial charge is 0.259 e. The monoisotopic (exact) mass is 358 g/mol. The summed E-state index contributed by atoms with van der Waals surface area (Å²) in [4.78, 5) is 32.6. The second-order valence-corrected chi connectivity index (χ2v) is 6.44. The third kappa shape index (κ3) is 3.69. The minimum absolute atomic E-state index is 0.0587. The summed E-state index contributed by atoms with van der Waals surface area (Å²) in [5.41, 5.74) is 3.56. The lowest BCUT2D eigenvalue weighted by molar-refractivity contribution is -0.119. The Kier molecular flexibility index (Phi) is 4.61. The summed E-state index contributed by atoms with van der Waals surface area (Å²) in [6.07, 6.45) is 3.43. The molecule has 3 aromatic rings. The molecule has 0 bridgehead atoms. The summed E-state index contributed by atoms with van der Waals surface area (Å²) in [6.45, 7) is 0.626. The molecule has 0 radical (unpaired) electrons. The second-order valence-electron chi connectivity index (χ2n) is 6.44. The lowest BCUT2D eigenvalue weighted by Gasteiger charge is -2.12. The van der Waals surface area contributed by atoms with Crippen molar-refractivity contribution in [2.24, 2.45) is 0 Å². The van der Waals surface area contributed by atoms with E-state index in [1.54, 1.807) is 0 Å². The van der Waals surface area contributed by atoms with Gasteiger partial charge in [0, 0.05) is 36.3 Å². The van der Waals surface area contributed by atoms with Crippen LogP contribution in [0.5, 0.6) is 0 Å². The number of amides is 2. The summed E-state index contributed by atoms with van der Waals surface area (Å²) in [5.74, 6) is -0.0788. The fourth-order valence-corrected chi connectivity index (χ4v) is 3.23. The Morgan fingerprint density at radius 1 is 1.11 bits per heavy atom. The number of aromatic nitrogens is 2. The molecule has 4 rings (SSSR count). The summed E-state index contributed by atoms with van der Waals surface area (Å²) >= 11 is 0. The topological polar surface area (TPSA) is 84.0 Å². The minimum atomic E-state index is -0.271. The summed E-state index contributed by atoms with van der Waals surface area (Å²) in [7, 11) is 0. The number of nitrogens with zero attached hydrogens (tertiary/aromatic N) is 2. The first-order chi connectivity index (χ1) is 13.2. The van der Waals surface area contributed by atoms with Crippen molar-refractivity contribution in [1.82, 2.24) is 15.3 Å². The number of hydrogen-bond acceptors (Lipinski definition) is 4. The molecule has 134 valence electrons. The molecule has 0 spiro atoms. The van der Waals surface area contributed by atoms with E-state index in [2.05, 4.69) is 20.6 Å². The zero-order valence-electron chi connectivity index (χ0n) is 14.6. The number of benzene rings is 2. The lowest BCUT2D eigenvalue weighted by atomic mass is 9.98. The zero-order chi connectivity index (χ0) is 18.6. The van der Waals surface area contributed by atoms with Crippen LogP contribution < -0.4 is 10.6 Å². The molecule has 6 nitrogen and oxygen atoms in total. The van der Waals surface area contributed by atoms with Gasteiger partial charge in [-0.25, -0.2) is 9.97 Å². The number of anilines is 1. The fraction of sp³-hybridized carbons (Fsp3) is 0.143. The van der Waals surface area contributed by atoms with Crippen LogP contribution in [0.25, 0.3) is 11.3 Å². The molecule has 1 saturated heterocycles. The van der Waals surface area contributed by atoms with E-state index in [0.717, 1.165) is 11.1 Å². The molecule has 27 heavy (non-hydrogen) atoms. The molecule has 1 atom stereocenters. The van der Waals surface area contributed by atoms with Gasteiger partial charge in [-0.3, -0.25) is 9.59 Å². The van der Waals surface area contributed by atoms with Crippen molar-refractivity contribution in [3.63, 3.8) is 0 Å². The molecule has 2 N–H and O–H groups in total. The van der Waals surface area contributed by atoms with Gasteiger partial charge in [-0.15, -0.1) is 0 Å². The van der Waals surface area contributed by atoms with Crippen LogP contribution in [-0.4, -0.2) is 28.3 Å². The highest BCUT2D eigenvalue weighted by molar-refractivity contribution is 6.07. The van der Waals surface area contributed by atoms with E-state index in [9.17, 15) is 9.59 Å². The van der Waals surface area contributed by atoms with Gasteiger partial charge >= 0.3 is 0 Å². The maximum absolute atomic E-state index is 12.8. The maximum atomic E-state index is 12.8. The van der Waals surface area contributed by atoms with Crippen molar-refractivity contribution in [3.8, 4) is 11.3 Å². The van der Waals surface area contributed by atoms with E-state index in [1.807, 2.05) is 54.6 Å². The van der Waals surface area contributed by atoms with Gasteiger partial charge in [-0.2, -0.15) is 0 Å². The van der Waals surface area contributed by atoms with Crippen LogP contribution in [0.3, 0.4) is 0 Å². The Morgan fingerprint density at radius 3 is 2.74 bits per heavy atom. The Morgan fingerprint density at radius 2 is 1.96 bits per heavy atom.